The van der Waals surface area contributed by atoms with Crippen molar-refractivity contribution in [3.05, 3.63) is 16.8 Å². The zero-order valence-electron chi connectivity index (χ0n) is 8.76. The number of aliphatic hydroxyl groups is 2. The zero-order chi connectivity index (χ0) is 11.7. The van der Waals surface area contributed by atoms with E-state index in [4.69, 9.17) is 15.6 Å². The lowest BCUT2D eigenvalue weighted by Gasteiger charge is -2.13. The molecule has 1 aromatic rings. The number of rotatable bonds is 2. The third-order valence-electron chi connectivity index (χ3n) is 2.44. The first-order valence-corrected chi connectivity index (χ1v) is 4.77. The highest BCUT2D eigenvalue weighted by Crippen LogP contribution is 2.26. The van der Waals surface area contributed by atoms with E-state index in [0.717, 1.165) is 4.57 Å². The first kappa shape index (κ1) is 13.8. The third kappa shape index (κ3) is 2.72. The molecule has 2 rings (SSSR count). The van der Waals surface area contributed by atoms with Crippen molar-refractivity contribution in [1.29, 1.82) is 0 Å². The number of aliphatic hydroxyl groups excluding tert-OH is 2. The first-order valence-electron chi connectivity index (χ1n) is 4.77. The van der Waals surface area contributed by atoms with E-state index < -0.39 is 24.1 Å². The summed E-state index contributed by atoms with van der Waals surface area (Å²) in [6.07, 6.45) is -0.741. The fraction of sp³-hybridized carbons (Fsp3) is 0.625. The summed E-state index contributed by atoms with van der Waals surface area (Å²) in [4.78, 5) is 18.5. The molecule has 0 spiro atoms. The Balaban J connectivity index is 0.00000144. The molecule has 0 amide bonds. The molecule has 17 heavy (non-hydrogen) atoms. The van der Waals surface area contributed by atoms with Gasteiger partial charge in [-0.3, -0.25) is 4.57 Å². The Morgan fingerprint density at radius 2 is 2.35 bits per heavy atom. The standard InChI is InChI=1S/C8H12N4O4.ClH/c9-7-10-3-12(8(15)11-7)6-1-4(14)5(2-13)16-6;/h3-6,13-14H,1-2H2,(H2,9,11,15);1H/t4-,5+,6+;/m0./s1. The van der Waals surface area contributed by atoms with Gasteiger partial charge in [0.05, 0.1) is 12.7 Å². The van der Waals surface area contributed by atoms with Crippen molar-refractivity contribution in [1.82, 2.24) is 14.5 Å². The van der Waals surface area contributed by atoms with Gasteiger partial charge in [-0.15, -0.1) is 12.4 Å². The average molecular weight is 265 g/mol. The summed E-state index contributed by atoms with van der Waals surface area (Å²) in [5, 5.41) is 18.4. The van der Waals surface area contributed by atoms with E-state index in [1.54, 1.807) is 0 Å². The maximum Gasteiger partial charge on any atom is 0.354 e. The Hall–Kier alpha value is -1.22. The molecule has 0 unspecified atom stereocenters. The maximum absolute atomic E-state index is 11.4. The summed E-state index contributed by atoms with van der Waals surface area (Å²) in [6.45, 7) is -0.303. The second-order valence-electron chi connectivity index (χ2n) is 3.52. The van der Waals surface area contributed by atoms with Crippen LogP contribution in [0.25, 0.3) is 0 Å². The summed E-state index contributed by atoms with van der Waals surface area (Å²) < 4.78 is 6.41. The molecule has 1 fully saturated rings. The van der Waals surface area contributed by atoms with Crippen LogP contribution in [0.2, 0.25) is 0 Å². The number of aromatic nitrogens is 3. The van der Waals surface area contributed by atoms with Crippen LogP contribution < -0.4 is 11.4 Å². The SMILES string of the molecule is Cl.Nc1ncn([C@H]2C[C@H](O)[C@@H](CO)O2)c(=O)n1. The van der Waals surface area contributed by atoms with Gasteiger partial charge in [0.1, 0.15) is 18.7 Å². The van der Waals surface area contributed by atoms with Gasteiger partial charge in [-0.2, -0.15) is 4.98 Å². The molecule has 0 bridgehead atoms. The van der Waals surface area contributed by atoms with E-state index in [0.29, 0.717) is 0 Å². The minimum atomic E-state index is -0.806. The molecule has 1 aliphatic rings. The van der Waals surface area contributed by atoms with Crippen LogP contribution in [-0.4, -0.2) is 43.6 Å². The lowest BCUT2D eigenvalue weighted by molar-refractivity contribution is -0.0462. The Bertz CT molecular complexity index is 440. The van der Waals surface area contributed by atoms with Crippen LogP contribution in [0.15, 0.2) is 11.1 Å². The van der Waals surface area contributed by atoms with Crippen molar-refractivity contribution < 1.29 is 14.9 Å². The fourth-order valence-corrected chi connectivity index (χ4v) is 1.60. The highest BCUT2D eigenvalue weighted by atomic mass is 35.5. The van der Waals surface area contributed by atoms with Crippen LogP contribution in [-0.2, 0) is 4.74 Å². The largest absolute Gasteiger partial charge is 0.394 e. The van der Waals surface area contributed by atoms with Crippen molar-refractivity contribution in [2.75, 3.05) is 12.3 Å². The molecule has 8 nitrogen and oxygen atoms in total. The third-order valence-corrected chi connectivity index (χ3v) is 2.44. The smallest absolute Gasteiger partial charge is 0.354 e. The summed E-state index contributed by atoms with van der Waals surface area (Å²) in [5.74, 6) is -0.112. The van der Waals surface area contributed by atoms with Crippen molar-refractivity contribution in [2.24, 2.45) is 0 Å². The Labute approximate surface area is 102 Å². The zero-order valence-corrected chi connectivity index (χ0v) is 9.58. The molecule has 1 saturated heterocycles. The van der Waals surface area contributed by atoms with E-state index in [1.807, 2.05) is 0 Å². The molecule has 9 heteroatoms. The lowest BCUT2D eigenvalue weighted by atomic mass is 10.2. The summed E-state index contributed by atoms with van der Waals surface area (Å²) in [5.41, 5.74) is 4.65. The number of nitrogens with two attached hydrogens (primary N) is 1. The summed E-state index contributed by atoms with van der Waals surface area (Å²) in [7, 11) is 0. The molecule has 1 aliphatic heterocycles. The van der Waals surface area contributed by atoms with Gasteiger partial charge in [0, 0.05) is 6.42 Å². The number of hydrogen-bond acceptors (Lipinski definition) is 7. The molecule has 0 saturated carbocycles. The van der Waals surface area contributed by atoms with Gasteiger partial charge in [-0.25, -0.2) is 9.78 Å². The Morgan fingerprint density at radius 1 is 1.65 bits per heavy atom. The molecular weight excluding hydrogens is 252 g/mol. The molecule has 1 aromatic heterocycles. The van der Waals surface area contributed by atoms with E-state index in [2.05, 4.69) is 9.97 Å². The Kier molecular flexibility index (Phi) is 4.40. The monoisotopic (exact) mass is 264 g/mol. The van der Waals surface area contributed by atoms with Gasteiger partial charge in [0.15, 0.2) is 0 Å². The second-order valence-corrected chi connectivity index (χ2v) is 3.52. The van der Waals surface area contributed by atoms with Crippen molar-refractivity contribution in [3.8, 4) is 0 Å². The average Bonchev–Trinajstić information content (AvgIpc) is 2.59. The van der Waals surface area contributed by atoms with Gasteiger partial charge in [0.2, 0.25) is 5.95 Å². The molecule has 2 heterocycles. The quantitative estimate of drug-likeness (QED) is 0.581. The predicted octanol–water partition coefficient (Wildman–Crippen LogP) is -1.72. The maximum atomic E-state index is 11.4. The number of anilines is 1. The topological polar surface area (TPSA) is 123 Å². The van der Waals surface area contributed by atoms with Gasteiger partial charge < -0.3 is 20.7 Å². The van der Waals surface area contributed by atoms with Crippen LogP contribution in [0.5, 0.6) is 0 Å². The van der Waals surface area contributed by atoms with E-state index in [9.17, 15) is 9.90 Å². The van der Waals surface area contributed by atoms with Crippen LogP contribution in [0, 0.1) is 0 Å². The number of halogens is 1. The minimum absolute atomic E-state index is 0. The normalized spacial score (nSPS) is 27.8. The number of nitrogen functional groups attached to an aromatic ring is 1. The van der Waals surface area contributed by atoms with Crippen LogP contribution in [0.1, 0.15) is 12.6 Å². The molecule has 4 N–H and O–H groups in total. The lowest BCUT2D eigenvalue weighted by Crippen LogP contribution is -2.28. The summed E-state index contributed by atoms with van der Waals surface area (Å²) >= 11 is 0. The second kappa shape index (κ2) is 5.41. The molecule has 0 radical (unpaired) electrons. The highest BCUT2D eigenvalue weighted by molar-refractivity contribution is 5.85. The predicted molar refractivity (Wildman–Crippen MR) is 59.6 cm³/mol. The molecule has 0 aromatic carbocycles. The first-order chi connectivity index (χ1) is 7.61. The van der Waals surface area contributed by atoms with Crippen LogP contribution in [0.3, 0.4) is 0 Å². The number of nitrogens with zero attached hydrogens (tertiary/aromatic N) is 3. The van der Waals surface area contributed by atoms with Gasteiger partial charge in [0.25, 0.3) is 0 Å². The molecule has 96 valence electrons. The van der Waals surface area contributed by atoms with Crippen molar-refractivity contribution in [3.63, 3.8) is 0 Å². The molecule has 3 atom stereocenters. The van der Waals surface area contributed by atoms with Gasteiger partial charge >= 0.3 is 5.69 Å². The van der Waals surface area contributed by atoms with Crippen LogP contribution >= 0.6 is 12.4 Å². The minimum Gasteiger partial charge on any atom is -0.394 e. The summed E-state index contributed by atoms with van der Waals surface area (Å²) in [6, 6.07) is 0. The number of hydrogen-bond donors (Lipinski definition) is 3. The highest BCUT2D eigenvalue weighted by Gasteiger charge is 2.35. The molecule has 0 aliphatic carbocycles. The fourth-order valence-electron chi connectivity index (χ4n) is 1.60. The van der Waals surface area contributed by atoms with Crippen molar-refractivity contribution >= 4 is 18.4 Å². The van der Waals surface area contributed by atoms with Gasteiger partial charge in [-0.05, 0) is 0 Å². The van der Waals surface area contributed by atoms with E-state index in [-0.39, 0.29) is 31.4 Å². The van der Waals surface area contributed by atoms with Gasteiger partial charge in [-0.1, -0.05) is 0 Å². The van der Waals surface area contributed by atoms with Crippen molar-refractivity contribution in [2.45, 2.75) is 24.9 Å². The van der Waals surface area contributed by atoms with E-state index in [1.165, 1.54) is 6.33 Å². The molecular formula is C8H13ClN4O4. The van der Waals surface area contributed by atoms with E-state index >= 15 is 0 Å². The van der Waals surface area contributed by atoms with Crippen LogP contribution in [0.4, 0.5) is 5.95 Å². The Morgan fingerprint density at radius 3 is 2.88 bits per heavy atom. The number of ether oxygens (including phenoxy) is 1.